The molecule has 2 aromatic carbocycles. The molecule has 1 N–H and O–H groups in total. The van der Waals surface area contributed by atoms with Crippen molar-refractivity contribution < 1.29 is 13.9 Å². The molecule has 1 aromatic heterocycles. The summed E-state index contributed by atoms with van der Waals surface area (Å²) in [6.45, 7) is -0.145. The van der Waals surface area contributed by atoms with Crippen molar-refractivity contribution in [3.8, 4) is 11.3 Å². The van der Waals surface area contributed by atoms with Gasteiger partial charge in [-0.05, 0) is 42.5 Å². The summed E-state index contributed by atoms with van der Waals surface area (Å²) >= 11 is 5.98. The van der Waals surface area contributed by atoms with Crippen LogP contribution in [0.1, 0.15) is 5.56 Å². The predicted octanol–water partition coefficient (Wildman–Crippen LogP) is 4.38. The van der Waals surface area contributed by atoms with E-state index in [9.17, 15) is 9.50 Å². The van der Waals surface area contributed by atoms with Crippen molar-refractivity contribution in [2.75, 3.05) is 0 Å². The van der Waals surface area contributed by atoms with Crippen LogP contribution >= 0.6 is 11.6 Å². The fraction of sp³-hybridized carbons (Fsp3) is 0.0667. The molecule has 0 aliphatic heterocycles. The zero-order chi connectivity index (χ0) is 13.4. The van der Waals surface area contributed by atoms with E-state index in [4.69, 9.17) is 16.0 Å². The SMILES string of the molecule is OCc1cc(Cl)cc2cc(-c3ccc(F)cc3)oc12. The number of aliphatic hydroxyl groups excluding tert-OH is 1. The number of fused-ring (bicyclic) bond motifs is 1. The maximum atomic E-state index is 12.9. The van der Waals surface area contributed by atoms with Gasteiger partial charge in [0, 0.05) is 21.5 Å². The van der Waals surface area contributed by atoms with E-state index < -0.39 is 0 Å². The summed E-state index contributed by atoms with van der Waals surface area (Å²) in [5.41, 5.74) is 2.01. The van der Waals surface area contributed by atoms with Gasteiger partial charge in [-0.25, -0.2) is 4.39 Å². The van der Waals surface area contributed by atoms with Gasteiger partial charge < -0.3 is 9.52 Å². The Bertz CT molecular complexity index is 732. The first-order valence-electron chi connectivity index (χ1n) is 5.76. The van der Waals surface area contributed by atoms with Crippen LogP contribution in [0.4, 0.5) is 4.39 Å². The van der Waals surface area contributed by atoms with Gasteiger partial charge in [0.15, 0.2) is 0 Å². The molecule has 2 nitrogen and oxygen atoms in total. The lowest BCUT2D eigenvalue weighted by molar-refractivity contribution is 0.282. The van der Waals surface area contributed by atoms with Gasteiger partial charge in [0.25, 0.3) is 0 Å². The molecule has 0 aliphatic carbocycles. The minimum absolute atomic E-state index is 0.145. The molecule has 0 atom stereocenters. The summed E-state index contributed by atoms with van der Waals surface area (Å²) in [5.74, 6) is 0.325. The molecule has 19 heavy (non-hydrogen) atoms. The third kappa shape index (κ3) is 2.23. The molecule has 0 spiro atoms. The van der Waals surface area contributed by atoms with E-state index in [1.807, 2.05) is 6.07 Å². The molecular weight excluding hydrogens is 267 g/mol. The van der Waals surface area contributed by atoms with E-state index >= 15 is 0 Å². The van der Waals surface area contributed by atoms with Crippen LogP contribution in [0, 0.1) is 5.82 Å². The zero-order valence-corrected chi connectivity index (χ0v) is 10.6. The van der Waals surface area contributed by atoms with Crippen LogP contribution in [0.15, 0.2) is 46.9 Å². The van der Waals surface area contributed by atoms with E-state index in [-0.39, 0.29) is 12.4 Å². The van der Waals surface area contributed by atoms with Crippen LogP contribution in [0.25, 0.3) is 22.3 Å². The van der Waals surface area contributed by atoms with Gasteiger partial charge in [-0.2, -0.15) is 0 Å². The van der Waals surface area contributed by atoms with E-state index in [1.165, 1.54) is 12.1 Å². The van der Waals surface area contributed by atoms with Gasteiger partial charge >= 0.3 is 0 Å². The molecule has 3 aromatic rings. The maximum absolute atomic E-state index is 12.9. The number of furan rings is 1. The second-order valence-corrected chi connectivity index (χ2v) is 4.70. The Morgan fingerprint density at radius 1 is 1.11 bits per heavy atom. The molecule has 0 saturated carbocycles. The first-order chi connectivity index (χ1) is 9.17. The number of hydrogen-bond donors (Lipinski definition) is 1. The fourth-order valence-corrected chi connectivity index (χ4v) is 2.31. The average Bonchev–Trinajstić information content (AvgIpc) is 2.82. The number of rotatable bonds is 2. The van der Waals surface area contributed by atoms with Crippen molar-refractivity contribution >= 4 is 22.6 Å². The highest BCUT2D eigenvalue weighted by Gasteiger charge is 2.11. The monoisotopic (exact) mass is 276 g/mol. The molecule has 0 saturated heterocycles. The lowest BCUT2D eigenvalue weighted by atomic mass is 10.1. The van der Waals surface area contributed by atoms with Gasteiger partial charge in [-0.15, -0.1) is 0 Å². The van der Waals surface area contributed by atoms with Crippen LogP contribution in [-0.2, 0) is 6.61 Å². The minimum Gasteiger partial charge on any atom is -0.456 e. The van der Waals surface area contributed by atoms with Gasteiger partial charge in [-0.1, -0.05) is 11.6 Å². The molecule has 0 fully saturated rings. The average molecular weight is 277 g/mol. The Balaban J connectivity index is 2.18. The predicted molar refractivity (Wildman–Crippen MR) is 72.5 cm³/mol. The summed E-state index contributed by atoms with van der Waals surface area (Å²) in [5, 5.41) is 10.7. The second-order valence-electron chi connectivity index (χ2n) is 4.26. The first-order valence-corrected chi connectivity index (χ1v) is 6.14. The Hall–Kier alpha value is -1.84. The Labute approximate surface area is 114 Å². The number of aliphatic hydroxyl groups is 1. The zero-order valence-electron chi connectivity index (χ0n) is 9.86. The molecule has 4 heteroatoms. The number of benzene rings is 2. The lowest BCUT2D eigenvalue weighted by Gasteiger charge is -1.99. The van der Waals surface area contributed by atoms with E-state index in [0.29, 0.717) is 21.9 Å². The first kappa shape index (κ1) is 12.2. The molecule has 1 heterocycles. The summed E-state index contributed by atoms with van der Waals surface area (Å²) < 4.78 is 18.6. The standard InChI is InChI=1S/C15H10ClFO2/c16-12-5-10-7-14(9-1-3-13(17)4-2-9)19-15(10)11(6-12)8-18/h1-7,18H,8H2. The second kappa shape index (κ2) is 4.68. The molecular formula is C15H10ClFO2. The largest absolute Gasteiger partial charge is 0.456 e. The van der Waals surface area contributed by atoms with Crippen LogP contribution in [0.2, 0.25) is 5.02 Å². The quantitative estimate of drug-likeness (QED) is 0.753. The van der Waals surface area contributed by atoms with Crippen molar-refractivity contribution in [2.45, 2.75) is 6.61 Å². The van der Waals surface area contributed by atoms with Crippen molar-refractivity contribution in [3.63, 3.8) is 0 Å². The van der Waals surface area contributed by atoms with E-state index in [2.05, 4.69) is 0 Å². The van der Waals surface area contributed by atoms with Crippen LogP contribution in [-0.4, -0.2) is 5.11 Å². The maximum Gasteiger partial charge on any atom is 0.140 e. The molecule has 0 radical (unpaired) electrons. The van der Waals surface area contributed by atoms with Crippen LogP contribution in [0.5, 0.6) is 0 Å². The van der Waals surface area contributed by atoms with Crippen LogP contribution < -0.4 is 0 Å². The van der Waals surface area contributed by atoms with E-state index in [0.717, 1.165) is 10.9 Å². The summed E-state index contributed by atoms with van der Waals surface area (Å²) in [4.78, 5) is 0. The highest BCUT2D eigenvalue weighted by molar-refractivity contribution is 6.31. The molecule has 0 aliphatic rings. The number of hydrogen-bond acceptors (Lipinski definition) is 2. The molecule has 0 amide bonds. The smallest absolute Gasteiger partial charge is 0.140 e. The van der Waals surface area contributed by atoms with Gasteiger partial charge in [0.05, 0.1) is 6.61 Å². The summed E-state index contributed by atoms with van der Waals surface area (Å²) in [7, 11) is 0. The lowest BCUT2D eigenvalue weighted by Crippen LogP contribution is -1.83. The highest BCUT2D eigenvalue weighted by atomic mass is 35.5. The normalized spacial score (nSPS) is 11.1. The van der Waals surface area contributed by atoms with Crippen LogP contribution in [0.3, 0.4) is 0 Å². The van der Waals surface area contributed by atoms with Gasteiger partial charge in [-0.3, -0.25) is 0 Å². The Kier molecular flexibility index (Phi) is 3.01. The molecule has 3 rings (SSSR count). The third-order valence-electron chi connectivity index (χ3n) is 2.96. The van der Waals surface area contributed by atoms with Gasteiger partial charge in [0.2, 0.25) is 0 Å². The van der Waals surface area contributed by atoms with Crippen molar-refractivity contribution in [3.05, 3.63) is 58.9 Å². The van der Waals surface area contributed by atoms with Crippen molar-refractivity contribution in [1.29, 1.82) is 0 Å². The third-order valence-corrected chi connectivity index (χ3v) is 3.18. The minimum atomic E-state index is -0.293. The number of halogens is 2. The summed E-state index contributed by atoms with van der Waals surface area (Å²) in [6.07, 6.45) is 0. The topological polar surface area (TPSA) is 33.4 Å². The highest BCUT2D eigenvalue weighted by Crippen LogP contribution is 2.32. The van der Waals surface area contributed by atoms with E-state index in [1.54, 1.807) is 24.3 Å². The van der Waals surface area contributed by atoms with Crippen molar-refractivity contribution in [2.24, 2.45) is 0 Å². The molecule has 96 valence electrons. The molecule has 0 unspecified atom stereocenters. The van der Waals surface area contributed by atoms with Crippen molar-refractivity contribution in [1.82, 2.24) is 0 Å². The molecule has 0 bridgehead atoms. The fourth-order valence-electron chi connectivity index (χ4n) is 2.06. The summed E-state index contributed by atoms with van der Waals surface area (Å²) in [6, 6.07) is 11.3. The Morgan fingerprint density at radius 3 is 2.53 bits per heavy atom. The van der Waals surface area contributed by atoms with Gasteiger partial charge in [0.1, 0.15) is 17.2 Å². The Morgan fingerprint density at radius 2 is 1.84 bits per heavy atom.